The van der Waals surface area contributed by atoms with Crippen LogP contribution in [0.3, 0.4) is 0 Å². The van der Waals surface area contributed by atoms with Crippen molar-refractivity contribution in [1.82, 2.24) is 0 Å². The molecule has 0 fully saturated rings. The second-order valence-corrected chi connectivity index (χ2v) is 9.47. The molecular weight excluding hydrogens is 646 g/mol. The van der Waals surface area contributed by atoms with Crippen LogP contribution in [0.2, 0.25) is 0 Å². The number of amides is 2. The summed E-state index contributed by atoms with van der Waals surface area (Å²) in [7, 11) is 0. The molecule has 0 bridgehead atoms. The molecule has 4 rings (SSSR count). The van der Waals surface area contributed by atoms with Crippen LogP contribution in [0.15, 0.2) is 145 Å². The fourth-order valence-corrected chi connectivity index (χ4v) is 3.79. The fourth-order valence-electron chi connectivity index (χ4n) is 3.79. The van der Waals surface area contributed by atoms with Crippen molar-refractivity contribution in [3.05, 3.63) is 156 Å². The van der Waals surface area contributed by atoms with Crippen molar-refractivity contribution >= 4 is 35.3 Å². The third-order valence-corrected chi connectivity index (χ3v) is 5.89. The van der Waals surface area contributed by atoms with Crippen LogP contribution in [-0.4, -0.2) is 25.0 Å². The van der Waals surface area contributed by atoms with Crippen molar-refractivity contribution in [2.75, 3.05) is 23.8 Å². The van der Waals surface area contributed by atoms with E-state index in [1.165, 1.54) is 12.2 Å². The van der Waals surface area contributed by atoms with E-state index < -0.39 is 11.8 Å². The van der Waals surface area contributed by atoms with Gasteiger partial charge in [-0.25, -0.2) is 0 Å². The number of hydrogen-bond acceptors (Lipinski definition) is 6. The van der Waals surface area contributed by atoms with Crippen LogP contribution in [0.25, 0.3) is 12.2 Å². The summed E-state index contributed by atoms with van der Waals surface area (Å²) in [4.78, 5) is 23.4. The molecule has 9 heteroatoms. The average Bonchev–Trinajstić information content (AvgIpc) is 3.05. The summed E-state index contributed by atoms with van der Waals surface area (Å²) in [6.07, 6.45) is 8.09. The largest absolute Gasteiger partial charge is 2.00 e. The number of rotatable bonds is 12. The van der Waals surface area contributed by atoms with Gasteiger partial charge in [0.25, 0.3) is 0 Å². The van der Waals surface area contributed by atoms with Crippen molar-refractivity contribution in [3.63, 3.8) is 0 Å². The Balaban J connectivity index is 0.000000320. The van der Waals surface area contributed by atoms with Gasteiger partial charge in [0.05, 0.1) is 13.2 Å². The third kappa shape index (κ3) is 15.4. The van der Waals surface area contributed by atoms with Crippen LogP contribution in [0.5, 0.6) is 11.5 Å². The van der Waals surface area contributed by atoms with Crippen LogP contribution in [0, 0.1) is 0 Å². The molecular formula is C38H36N2O6Zn. The first-order chi connectivity index (χ1) is 22.3. The molecule has 0 radical (unpaired) electrons. The normalized spacial score (nSPS) is 11.2. The molecule has 0 aliphatic rings. The predicted octanol–water partition coefficient (Wildman–Crippen LogP) is 5.96. The summed E-state index contributed by atoms with van der Waals surface area (Å²) in [6.45, 7) is 5.06. The van der Waals surface area contributed by atoms with Gasteiger partial charge in [-0.05, 0) is 85.7 Å². The summed E-state index contributed by atoms with van der Waals surface area (Å²) in [5.74, 6) is -0.0655. The van der Waals surface area contributed by atoms with E-state index in [1.54, 1.807) is 36.4 Å². The number of carbonyl (C=O) groups is 2. The molecule has 0 aliphatic carbocycles. The number of benzene rings is 4. The maximum absolute atomic E-state index is 11.8. The van der Waals surface area contributed by atoms with Crippen molar-refractivity contribution < 1.29 is 48.8 Å². The Hall–Kier alpha value is -5.40. The van der Waals surface area contributed by atoms with E-state index in [-0.39, 0.29) is 31.0 Å². The minimum atomic E-state index is -0.447. The summed E-state index contributed by atoms with van der Waals surface area (Å²) < 4.78 is 10.7. The zero-order valence-electron chi connectivity index (χ0n) is 26.4. The Labute approximate surface area is 288 Å². The van der Waals surface area contributed by atoms with Gasteiger partial charge in [0.2, 0.25) is 11.8 Å². The zero-order valence-corrected chi connectivity index (χ0v) is 29.4. The fraction of sp³-hybridized carbons (Fsp3) is 0.105. The van der Waals surface area contributed by atoms with E-state index >= 15 is 0 Å². The molecule has 236 valence electrons. The maximum Gasteiger partial charge on any atom is 2.00 e. The smallest absolute Gasteiger partial charge is 0.872 e. The Morgan fingerprint density at radius 2 is 0.915 bits per heavy atom. The molecule has 0 aliphatic heterocycles. The molecule has 0 unspecified atom stereocenters. The summed E-state index contributed by atoms with van der Waals surface area (Å²) in [5.41, 5.74) is 3.02. The molecule has 47 heavy (non-hydrogen) atoms. The molecule has 8 nitrogen and oxygen atoms in total. The molecule has 2 N–H and O–H groups in total. The van der Waals surface area contributed by atoms with Crippen LogP contribution in [0.1, 0.15) is 25.0 Å². The number of nitrogens with one attached hydrogen (secondary N) is 2. The van der Waals surface area contributed by atoms with E-state index in [4.69, 9.17) is 9.47 Å². The van der Waals surface area contributed by atoms with Gasteiger partial charge in [-0.15, -0.1) is 11.5 Å². The molecule has 0 spiro atoms. The van der Waals surface area contributed by atoms with E-state index in [2.05, 4.69) is 10.6 Å². The summed E-state index contributed by atoms with van der Waals surface area (Å²) in [6, 6.07) is 32.7. The van der Waals surface area contributed by atoms with Crippen molar-refractivity contribution in [2.45, 2.75) is 13.8 Å². The first-order valence-corrected chi connectivity index (χ1v) is 14.7. The van der Waals surface area contributed by atoms with Crippen molar-refractivity contribution in [2.24, 2.45) is 0 Å². The SMILES string of the molecule is CCOc1ccc(/C=C/C([O-])=C/C(=O)Nc2ccccc2)cc1.CCOc1ccc(/C=C/C([O-])=C/C(=O)Nc2ccccc2)cc1.[Zn+2]. The summed E-state index contributed by atoms with van der Waals surface area (Å²) >= 11 is 0. The molecule has 2 amide bonds. The van der Waals surface area contributed by atoms with Crippen LogP contribution in [-0.2, 0) is 29.1 Å². The average molecular weight is 682 g/mol. The molecule has 0 aromatic heterocycles. The first-order valence-electron chi connectivity index (χ1n) is 14.7. The molecule has 4 aromatic rings. The number of para-hydroxylation sites is 2. The predicted molar refractivity (Wildman–Crippen MR) is 180 cm³/mol. The minimum Gasteiger partial charge on any atom is -0.872 e. The van der Waals surface area contributed by atoms with E-state index in [0.717, 1.165) is 34.8 Å². The first kappa shape index (κ1) is 37.8. The van der Waals surface area contributed by atoms with E-state index in [1.807, 2.05) is 98.8 Å². The maximum atomic E-state index is 11.8. The van der Waals surface area contributed by atoms with Crippen LogP contribution < -0.4 is 30.3 Å². The van der Waals surface area contributed by atoms with Gasteiger partial charge >= 0.3 is 19.5 Å². The second-order valence-electron chi connectivity index (χ2n) is 9.47. The number of hydrogen-bond donors (Lipinski definition) is 2. The Morgan fingerprint density at radius 3 is 1.23 bits per heavy atom. The van der Waals surface area contributed by atoms with Crippen molar-refractivity contribution in [1.29, 1.82) is 0 Å². The van der Waals surface area contributed by atoms with Crippen LogP contribution in [0.4, 0.5) is 11.4 Å². The number of ether oxygens (including phenoxy) is 2. The molecule has 0 saturated heterocycles. The second kappa shape index (κ2) is 21.4. The van der Waals surface area contributed by atoms with Gasteiger partial charge in [0.1, 0.15) is 11.5 Å². The van der Waals surface area contributed by atoms with Gasteiger partial charge in [-0.3, -0.25) is 9.59 Å². The van der Waals surface area contributed by atoms with Gasteiger partial charge in [0, 0.05) is 11.4 Å². The Bertz CT molecular complexity index is 1510. The number of anilines is 2. The Kier molecular flexibility index (Phi) is 17.2. The van der Waals surface area contributed by atoms with Gasteiger partial charge in [-0.2, -0.15) is 0 Å². The topological polar surface area (TPSA) is 123 Å². The third-order valence-electron chi connectivity index (χ3n) is 5.89. The summed E-state index contributed by atoms with van der Waals surface area (Å²) in [5, 5.41) is 28.8. The molecule has 4 aromatic carbocycles. The van der Waals surface area contributed by atoms with Crippen molar-refractivity contribution in [3.8, 4) is 11.5 Å². The molecule has 0 saturated carbocycles. The van der Waals surface area contributed by atoms with Crippen LogP contribution >= 0.6 is 0 Å². The Morgan fingerprint density at radius 1 is 0.574 bits per heavy atom. The zero-order chi connectivity index (χ0) is 33.0. The monoisotopic (exact) mass is 680 g/mol. The molecule has 0 heterocycles. The van der Waals surface area contributed by atoms with E-state index in [9.17, 15) is 19.8 Å². The minimum absolute atomic E-state index is 0. The quantitative estimate of drug-likeness (QED) is 0.0824. The standard InChI is InChI=1S/2C19H19NO3.Zn/c2*1-2-23-18-12-9-15(10-13-18)8-11-17(21)14-19(22)20-16-6-4-3-5-7-16;/h2*3-14,21H,2H2,1H3,(H,20,22);/q;;+2/p-2/b2*11-8+,17-14-;. The van der Waals surface area contributed by atoms with Gasteiger partial charge < -0.3 is 30.3 Å². The molecule has 0 atom stereocenters. The number of carbonyl (C=O) groups excluding carboxylic acids is 2. The number of allylic oxidation sites excluding steroid dienone is 2. The van der Waals surface area contributed by atoms with E-state index in [0.29, 0.717) is 24.6 Å². The van der Waals surface area contributed by atoms with Gasteiger partial charge in [-0.1, -0.05) is 85.0 Å². The van der Waals surface area contributed by atoms with Gasteiger partial charge in [0.15, 0.2) is 0 Å².